The smallest absolute Gasteiger partial charge is 0.310 e. The number of rotatable bonds is 14. The molecule has 0 saturated carbocycles. The predicted molar refractivity (Wildman–Crippen MR) is 194 cm³/mol. The highest BCUT2D eigenvalue weighted by Crippen LogP contribution is 2.43. The monoisotopic (exact) mass is 725 g/mol. The first-order valence-electron chi connectivity index (χ1n) is 17.7. The first-order chi connectivity index (χ1) is 25.6. The Kier molecular flexibility index (Phi) is 11.7. The number of ether oxygens (including phenoxy) is 5. The summed E-state index contributed by atoms with van der Waals surface area (Å²) in [7, 11) is 0. The zero-order valence-electron chi connectivity index (χ0n) is 29.9. The van der Waals surface area contributed by atoms with Gasteiger partial charge in [0.2, 0.25) is 12.7 Å². The van der Waals surface area contributed by atoms with Gasteiger partial charge in [0, 0.05) is 30.4 Å². The molecule has 13 nitrogen and oxygen atoms in total. The van der Waals surface area contributed by atoms with E-state index in [0.29, 0.717) is 46.0 Å². The molecule has 13 heteroatoms. The Morgan fingerprint density at radius 3 is 2.58 bits per heavy atom. The SMILES string of the molecule is CCOC(=O)C[C@H]1[C@H](OC(=O)Cc2ccc3c(c2)OCO3)[C@@H](NC(=O)CC(C)C)c2cc(OCCCO)ccc2N1C(=O)c1ccc2ccccc2n1. The van der Waals surface area contributed by atoms with E-state index in [1.54, 1.807) is 61.5 Å². The van der Waals surface area contributed by atoms with E-state index in [2.05, 4.69) is 10.3 Å². The highest BCUT2D eigenvalue weighted by molar-refractivity contribution is 6.07. The molecule has 2 N–H and O–H groups in total. The molecular weight excluding hydrogens is 682 g/mol. The number of esters is 2. The van der Waals surface area contributed by atoms with Gasteiger partial charge in [0.1, 0.15) is 17.5 Å². The lowest BCUT2D eigenvalue weighted by Gasteiger charge is -2.45. The summed E-state index contributed by atoms with van der Waals surface area (Å²) in [5.41, 5.74) is 2.08. The van der Waals surface area contributed by atoms with Gasteiger partial charge in [-0.25, -0.2) is 4.98 Å². The third kappa shape index (κ3) is 8.69. The number of nitrogens with one attached hydrogen (secondary N) is 1. The van der Waals surface area contributed by atoms with Gasteiger partial charge in [-0.05, 0) is 60.9 Å². The van der Waals surface area contributed by atoms with Crippen molar-refractivity contribution >= 4 is 40.3 Å². The van der Waals surface area contributed by atoms with E-state index in [1.807, 2.05) is 32.0 Å². The van der Waals surface area contributed by atoms with Crippen molar-refractivity contribution in [2.24, 2.45) is 5.92 Å². The van der Waals surface area contributed by atoms with Crippen molar-refractivity contribution in [3.63, 3.8) is 0 Å². The maximum Gasteiger partial charge on any atom is 0.310 e. The summed E-state index contributed by atoms with van der Waals surface area (Å²) in [5, 5.41) is 13.2. The molecule has 0 saturated heterocycles. The van der Waals surface area contributed by atoms with Crippen molar-refractivity contribution < 1.29 is 48.0 Å². The molecule has 3 atom stereocenters. The number of fused-ring (bicyclic) bond motifs is 3. The van der Waals surface area contributed by atoms with E-state index in [9.17, 15) is 24.3 Å². The number of para-hydroxylation sites is 1. The maximum atomic E-state index is 14.8. The van der Waals surface area contributed by atoms with Gasteiger partial charge < -0.3 is 34.1 Å². The average molecular weight is 726 g/mol. The van der Waals surface area contributed by atoms with Crippen LogP contribution in [0.3, 0.4) is 0 Å². The fraction of sp³-hybridized carbons (Fsp3) is 0.375. The molecule has 1 aromatic heterocycles. The topological polar surface area (TPSA) is 163 Å². The van der Waals surface area contributed by atoms with E-state index < -0.39 is 36.0 Å². The number of carbonyl (C=O) groups excluding carboxylic acids is 4. The van der Waals surface area contributed by atoms with E-state index in [0.717, 1.165) is 5.39 Å². The molecule has 0 unspecified atom stereocenters. The average Bonchev–Trinajstić information content (AvgIpc) is 3.60. The fourth-order valence-electron chi connectivity index (χ4n) is 6.56. The van der Waals surface area contributed by atoms with Crippen LogP contribution >= 0.6 is 0 Å². The van der Waals surface area contributed by atoms with Crippen molar-refractivity contribution in [3.05, 3.63) is 89.6 Å². The van der Waals surface area contributed by atoms with Crippen molar-refractivity contribution in [1.29, 1.82) is 0 Å². The molecule has 2 aliphatic rings. The quantitative estimate of drug-likeness (QED) is 0.132. The minimum atomic E-state index is -1.26. The largest absolute Gasteiger partial charge is 0.493 e. The second-order valence-electron chi connectivity index (χ2n) is 13.2. The molecule has 0 aliphatic carbocycles. The number of aromatic nitrogens is 1. The van der Waals surface area contributed by atoms with Crippen LogP contribution in [-0.4, -0.2) is 72.6 Å². The van der Waals surface area contributed by atoms with Gasteiger partial charge in [0.25, 0.3) is 5.91 Å². The Morgan fingerprint density at radius 1 is 0.981 bits per heavy atom. The second-order valence-corrected chi connectivity index (χ2v) is 13.2. The van der Waals surface area contributed by atoms with Crippen molar-refractivity contribution in [1.82, 2.24) is 10.3 Å². The van der Waals surface area contributed by atoms with Crippen molar-refractivity contribution in [2.45, 2.75) is 64.6 Å². The number of amides is 2. The summed E-state index contributed by atoms with van der Waals surface area (Å²) in [5.74, 6) is -0.694. The molecule has 53 heavy (non-hydrogen) atoms. The van der Waals surface area contributed by atoms with E-state index in [1.165, 1.54) is 4.90 Å². The molecule has 0 radical (unpaired) electrons. The Hall–Kier alpha value is -5.69. The molecule has 278 valence electrons. The molecule has 0 fully saturated rings. The summed E-state index contributed by atoms with van der Waals surface area (Å²) < 4.78 is 28.5. The third-order valence-electron chi connectivity index (χ3n) is 8.88. The lowest BCUT2D eigenvalue weighted by Crippen LogP contribution is -2.58. The maximum absolute atomic E-state index is 14.8. The van der Waals surface area contributed by atoms with Gasteiger partial charge in [-0.2, -0.15) is 0 Å². The Labute approximate surface area is 307 Å². The molecule has 2 aliphatic heterocycles. The zero-order chi connectivity index (χ0) is 37.5. The molecular formula is C40H43N3O10. The minimum absolute atomic E-state index is 0.00519. The predicted octanol–water partition coefficient (Wildman–Crippen LogP) is 5.06. The highest BCUT2D eigenvalue weighted by Gasteiger charge is 2.48. The van der Waals surface area contributed by atoms with Crippen LogP contribution < -0.4 is 24.4 Å². The number of anilines is 1. The van der Waals surface area contributed by atoms with Crippen molar-refractivity contribution in [2.75, 3.05) is 31.5 Å². The van der Waals surface area contributed by atoms with Gasteiger partial charge in [-0.3, -0.25) is 24.1 Å². The van der Waals surface area contributed by atoms with E-state index >= 15 is 0 Å². The molecule has 3 heterocycles. The normalized spacial score (nSPS) is 17.3. The number of carbonyl (C=O) groups is 4. The van der Waals surface area contributed by atoms with Gasteiger partial charge in [-0.1, -0.05) is 44.2 Å². The Morgan fingerprint density at radius 2 is 1.79 bits per heavy atom. The van der Waals surface area contributed by atoms with Crippen LogP contribution in [0.4, 0.5) is 5.69 Å². The summed E-state index contributed by atoms with van der Waals surface area (Å²) in [6, 6.07) is 18.8. The fourth-order valence-corrected chi connectivity index (χ4v) is 6.56. The second kappa shape index (κ2) is 16.8. The van der Waals surface area contributed by atoms with Crippen LogP contribution in [0.5, 0.6) is 17.2 Å². The number of nitrogens with zero attached hydrogens (tertiary/aromatic N) is 2. The first kappa shape index (κ1) is 37.1. The standard InChI is InChI=1S/C40H43N3O10/c1-4-49-36(46)22-32-39(53-37(47)20-25-10-15-33-34(19-25)52-23-51-33)38(42-35(45)18-24(2)3)28-21-27(50-17-7-16-44)12-14-31(28)43(32)40(48)30-13-11-26-8-5-6-9-29(26)41-30/h5-6,8-15,19,21,24,32,38-39,44H,4,7,16-18,20,22-23H2,1-3H3,(H,42,45)/t32-,38-,39-/m0/s1. The number of hydrogen-bond donors (Lipinski definition) is 2. The van der Waals surface area contributed by atoms with Crippen LogP contribution in [-0.2, 0) is 30.3 Å². The molecule has 4 aromatic rings. The summed E-state index contributed by atoms with van der Waals surface area (Å²) in [6.07, 6.45) is -1.25. The lowest BCUT2D eigenvalue weighted by molar-refractivity contribution is -0.155. The molecule has 0 spiro atoms. The third-order valence-corrected chi connectivity index (χ3v) is 8.88. The Bertz CT molecular complexity index is 1980. The number of benzene rings is 3. The zero-order valence-corrected chi connectivity index (χ0v) is 29.9. The molecule has 3 aromatic carbocycles. The van der Waals surface area contributed by atoms with Crippen molar-refractivity contribution in [3.8, 4) is 17.2 Å². The highest BCUT2D eigenvalue weighted by atomic mass is 16.7. The van der Waals surface area contributed by atoms with E-state index in [4.69, 9.17) is 23.7 Å². The number of pyridine rings is 1. The molecule has 6 rings (SSSR count). The number of aliphatic hydroxyl groups is 1. The van der Waals surface area contributed by atoms with Crippen LogP contribution in [0.1, 0.15) is 67.7 Å². The van der Waals surface area contributed by atoms with E-state index in [-0.39, 0.29) is 63.4 Å². The van der Waals surface area contributed by atoms with Gasteiger partial charge in [0.15, 0.2) is 11.5 Å². The molecule has 0 bridgehead atoms. The van der Waals surface area contributed by atoms with Crippen LogP contribution in [0.25, 0.3) is 10.9 Å². The number of aliphatic hydroxyl groups excluding tert-OH is 1. The summed E-state index contributed by atoms with van der Waals surface area (Å²) >= 11 is 0. The van der Waals surface area contributed by atoms with Gasteiger partial charge in [0.05, 0.1) is 49.3 Å². The van der Waals surface area contributed by atoms with Crippen LogP contribution in [0.15, 0.2) is 72.8 Å². The van der Waals surface area contributed by atoms with Crippen LogP contribution in [0, 0.1) is 5.92 Å². The Balaban J connectivity index is 1.47. The lowest BCUT2D eigenvalue weighted by atomic mass is 9.85. The van der Waals surface area contributed by atoms with Gasteiger partial charge >= 0.3 is 11.9 Å². The minimum Gasteiger partial charge on any atom is -0.493 e. The summed E-state index contributed by atoms with van der Waals surface area (Å²) in [4.78, 5) is 61.6. The van der Waals surface area contributed by atoms with Crippen LogP contribution in [0.2, 0.25) is 0 Å². The molecule has 2 amide bonds. The number of hydrogen-bond acceptors (Lipinski definition) is 11. The summed E-state index contributed by atoms with van der Waals surface area (Å²) in [6.45, 7) is 5.78. The first-order valence-corrected chi connectivity index (χ1v) is 17.7. The van der Waals surface area contributed by atoms with Gasteiger partial charge in [-0.15, -0.1) is 0 Å².